The predicted octanol–water partition coefficient (Wildman–Crippen LogP) is 0.322. The summed E-state index contributed by atoms with van der Waals surface area (Å²) in [5.41, 5.74) is 5.33. The molecule has 0 aliphatic carbocycles. The zero-order valence-corrected chi connectivity index (χ0v) is 7.19. The molecule has 0 spiro atoms. The van der Waals surface area contributed by atoms with E-state index in [1.54, 1.807) is 0 Å². The molecule has 0 amide bonds. The van der Waals surface area contributed by atoms with E-state index in [-0.39, 0.29) is 24.4 Å². The van der Waals surface area contributed by atoms with E-state index in [9.17, 15) is 4.79 Å². The zero-order chi connectivity index (χ0) is 7.98. The van der Waals surface area contributed by atoms with Crippen molar-refractivity contribution in [1.82, 2.24) is 0 Å². The molecule has 0 heterocycles. The molecular weight excluding hydrogens is 166 g/mol. The summed E-state index contributed by atoms with van der Waals surface area (Å²) in [6.07, 6.45) is 5.76. The Bertz CT molecular complexity index is 153. The molecule has 0 rings (SSSR count). The van der Waals surface area contributed by atoms with Crippen molar-refractivity contribution in [3.8, 4) is 12.3 Å². The van der Waals surface area contributed by atoms with Gasteiger partial charge in [0, 0.05) is 6.42 Å². The molecule has 0 bridgehead atoms. The first kappa shape index (κ1) is 12.9. The summed E-state index contributed by atoms with van der Waals surface area (Å²) in [4.78, 5) is 10.5. The van der Waals surface area contributed by atoms with E-state index in [0.29, 0.717) is 12.8 Å². The van der Waals surface area contributed by atoms with Gasteiger partial charge in [-0.3, -0.25) is 4.79 Å². The van der Waals surface area contributed by atoms with Crippen LogP contribution in [0.25, 0.3) is 0 Å². The first-order valence-corrected chi connectivity index (χ1v) is 2.99. The Kier molecular flexibility index (Phi) is 8.67. The fourth-order valence-corrected chi connectivity index (χ4v) is 0.459. The monoisotopic (exact) mass is 177 g/mol. The normalized spacial score (nSPS) is 10.6. The first-order valence-electron chi connectivity index (χ1n) is 2.99. The molecule has 0 saturated carbocycles. The van der Waals surface area contributed by atoms with Gasteiger partial charge in [-0.05, 0) is 6.42 Å². The quantitative estimate of drug-likeness (QED) is 0.499. The van der Waals surface area contributed by atoms with Gasteiger partial charge in [0.15, 0.2) is 0 Å². The van der Waals surface area contributed by atoms with Gasteiger partial charge in [-0.25, -0.2) is 0 Å². The van der Waals surface area contributed by atoms with E-state index in [4.69, 9.17) is 12.2 Å². The molecule has 3 nitrogen and oxygen atoms in total. The number of nitrogens with two attached hydrogens (primary N) is 1. The van der Waals surface area contributed by atoms with E-state index in [1.807, 2.05) is 0 Å². The van der Waals surface area contributed by atoms with Crippen molar-refractivity contribution in [3.63, 3.8) is 0 Å². The molecule has 1 atom stereocenters. The van der Waals surface area contributed by atoms with Crippen molar-refractivity contribution in [3.05, 3.63) is 0 Å². The number of carbonyl (C=O) groups is 1. The number of terminal acetylenes is 1. The molecule has 0 aromatic rings. The van der Waals surface area contributed by atoms with Gasteiger partial charge in [0.05, 0.1) is 13.2 Å². The van der Waals surface area contributed by atoms with Crippen LogP contribution in [0.15, 0.2) is 0 Å². The minimum Gasteiger partial charge on any atom is -0.469 e. The third kappa shape index (κ3) is 7.17. The van der Waals surface area contributed by atoms with Crippen molar-refractivity contribution in [2.75, 3.05) is 7.11 Å². The Morgan fingerprint density at radius 1 is 1.82 bits per heavy atom. The summed E-state index contributed by atoms with van der Waals surface area (Å²) < 4.78 is 4.38. The largest absolute Gasteiger partial charge is 0.469 e. The minimum absolute atomic E-state index is 0. The SMILES string of the molecule is C#C[C@H](N)CCC(=O)OC.Cl. The lowest BCUT2D eigenvalue weighted by molar-refractivity contribution is -0.140. The van der Waals surface area contributed by atoms with Gasteiger partial charge in [0.1, 0.15) is 0 Å². The van der Waals surface area contributed by atoms with Gasteiger partial charge >= 0.3 is 5.97 Å². The molecular formula is C7H12ClNO2. The fourth-order valence-electron chi connectivity index (χ4n) is 0.459. The lowest BCUT2D eigenvalue weighted by Gasteiger charge is -2.00. The number of hydrogen-bond donors (Lipinski definition) is 1. The standard InChI is InChI=1S/C7H11NO2.ClH/c1-3-6(8)4-5-7(9)10-2;/h1,6H,4-5,8H2,2H3;1H/t6-;/m0./s1. The third-order valence-electron chi connectivity index (χ3n) is 1.10. The third-order valence-corrected chi connectivity index (χ3v) is 1.10. The number of hydrogen-bond acceptors (Lipinski definition) is 3. The Morgan fingerprint density at radius 2 is 2.36 bits per heavy atom. The Morgan fingerprint density at radius 3 is 2.73 bits per heavy atom. The van der Waals surface area contributed by atoms with E-state index in [2.05, 4.69) is 10.7 Å². The second-order valence-electron chi connectivity index (χ2n) is 1.89. The maximum atomic E-state index is 10.5. The van der Waals surface area contributed by atoms with E-state index >= 15 is 0 Å². The number of halogens is 1. The molecule has 0 aliphatic rings. The van der Waals surface area contributed by atoms with Crippen molar-refractivity contribution >= 4 is 18.4 Å². The van der Waals surface area contributed by atoms with Crippen molar-refractivity contribution < 1.29 is 9.53 Å². The van der Waals surface area contributed by atoms with E-state index in [1.165, 1.54) is 7.11 Å². The van der Waals surface area contributed by atoms with Crippen LogP contribution in [0, 0.1) is 12.3 Å². The topological polar surface area (TPSA) is 52.3 Å². The summed E-state index contributed by atoms with van der Waals surface area (Å²) in [6.45, 7) is 0. The Labute approximate surface area is 72.7 Å². The number of ether oxygens (including phenoxy) is 1. The molecule has 64 valence electrons. The Balaban J connectivity index is 0. The lowest BCUT2D eigenvalue weighted by Crippen LogP contribution is -2.18. The van der Waals surface area contributed by atoms with Gasteiger partial charge < -0.3 is 10.5 Å². The summed E-state index contributed by atoms with van der Waals surface area (Å²) >= 11 is 0. The maximum Gasteiger partial charge on any atom is 0.305 e. The summed E-state index contributed by atoms with van der Waals surface area (Å²) in [5.74, 6) is 2.04. The second kappa shape index (κ2) is 7.39. The van der Waals surface area contributed by atoms with Crippen LogP contribution < -0.4 is 5.73 Å². The Hall–Kier alpha value is -0.720. The average molecular weight is 178 g/mol. The highest BCUT2D eigenvalue weighted by Crippen LogP contribution is 1.94. The van der Waals surface area contributed by atoms with Gasteiger partial charge in [-0.15, -0.1) is 18.8 Å². The van der Waals surface area contributed by atoms with Gasteiger partial charge in [0.2, 0.25) is 0 Å². The van der Waals surface area contributed by atoms with E-state index in [0.717, 1.165) is 0 Å². The second-order valence-corrected chi connectivity index (χ2v) is 1.89. The average Bonchev–Trinajstić information content (AvgIpc) is 1.99. The molecule has 0 aliphatic heterocycles. The van der Waals surface area contributed by atoms with Crippen LogP contribution in [-0.2, 0) is 9.53 Å². The highest BCUT2D eigenvalue weighted by Gasteiger charge is 2.02. The van der Waals surface area contributed by atoms with Gasteiger partial charge in [0.25, 0.3) is 0 Å². The summed E-state index contributed by atoms with van der Waals surface area (Å²) in [6, 6.07) is -0.334. The van der Waals surface area contributed by atoms with Crippen molar-refractivity contribution in [2.24, 2.45) is 5.73 Å². The number of methoxy groups -OCH3 is 1. The molecule has 4 heteroatoms. The number of carbonyl (C=O) groups excluding carboxylic acids is 1. The van der Waals surface area contributed by atoms with Crippen LogP contribution in [0.4, 0.5) is 0 Å². The summed E-state index contributed by atoms with van der Waals surface area (Å²) in [7, 11) is 1.34. The zero-order valence-electron chi connectivity index (χ0n) is 6.37. The molecule has 0 aromatic carbocycles. The molecule has 0 radical (unpaired) electrons. The molecule has 11 heavy (non-hydrogen) atoms. The number of rotatable bonds is 3. The van der Waals surface area contributed by atoms with Crippen LogP contribution in [0.5, 0.6) is 0 Å². The number of esters is 1. The molecule has 0 unspecified atom stereocenters. The van der Waals surface area contributed by atoms with Gasteiger partial charge in [-0.1, -0.05) is 5.92 Å². The fraction of sp³-hybridized carbons (Fsp3) is 0.571. The van der Waals surface area contributed by atoms with Gasteiger partial charge in [-0.2, -0.15) is 0 Å². The van der Waals surface area contributed by atoms with Crippen molar-refractivity contribution in [2.45, 2.75) is 18.9 Å². The maximum absolute atomic E-state index is 10.5. The first-order chi connectivity index (χ1) is 4.70. The van der Waals surface area contributed by atoms with Crippen LogP contribution in [0.1, 0.15) is 12.8 Å². The summed E-state index contributed by atoms with van der Waals surface area (Å²) in [5, 5.41) is 0. The molecule has 0 saturated heterocycles. The van der Waals surface area contributed by atoms with Crippen LogP contribution in [0.2, 0.25) is 0 Å². The molecule has 0 fully saturated rings. The predicted molar refractivity (Wildman–Crippen MR) is 45.3 cm³/mol. The molecule has 2 N–H and O–H groups in total. The smallest absolute Gasteiger partial charge is 0.305 e. The minimum atomic E-state index is -0.334. The van der Waals surface area contributed by atoms with E-state index < -0.39 is 0 Å². The highest BCUT2D eigenvalue weighted by atomic mass is 35.5. The van der Waals surface area contributed by atoms with Crippen LogP contribution in [0.3, 0.4) is 0 Å². The highest BCUT2D eigenvalue weighted by molar-refractivity contribution is 5.85. The van der Waals surface area contributed by atoms with Crippen LogP contribution in [-0.4, -0.2) is 19.1 Å². The molecule has 0 aromatic heterocycles. The lowest BCUT2D eigenvalue weighted by atomic mass is 10.2. The van der Waals surface area contributed by atoms with Crippen molar-refractivity contribution in [1.29, 1.82) is 0 Å². The van der Waals surface area contributed by atoms with Crippen LogP contribution >= 0.6 is 12.4 Å².